The van der Waals surface area contributed by atoms with E-state index in [1.54, 1.807) is 6.20 Å². The summed E-state index contributed by atoms with van der Waals surface area (Å²) in [6.45, 7) is 0.551. The molecule has 0 atom stereocenters. The zero-order chi connectivity index (χ0) is 9.80. The SMILES string of the molecule is Clc1nccnc1NCc1csnn1. The third-order valence-electron chi connectivity index (χ3n) is 1.50. The molecule has 0 saturated carbocycles. The number of nitrogens with one attached hydrogen (secondary N) is 1. The lowest BCUT2D eigenvalue weighted by Crippen LogP contribution is -2.02. The van der Waals surface area contributed by atoms with Crippen molar-refractivity contribution in [1.82, 2.24) is 19.6 Å². The normalized spacial score (nSPS) is 10.1. The molecule has 2 heterocycles. The van der Waals surface area contributed by atoms with Crippen molar-refractivity contribution in [3.8, 4) is 0 Å². The van der Waals surface area contributed by atoms with Crippen molar-refractivity contribution in [3.05, 3.63) is 28.6 Å². The summed E-state index contributed by atoms with van der Waals surface area (Å²) >= 11 is 7.10. The fourth-order valence-corrected chi connectivity index (χ4v) is 1.50. The Kier molecular flexibility index (Phi) is 2.85. The Labute approximate surface area is 89.3 Å². The molecule has 2 rings (SSSR count). The van der Waals surface area contributed by atoms with Crippen molar-refractivity contribution in [2.75, 3.05) is 5.32 Å². The number of halogens is 1. The largest absolute Gasteiger partial charge is 0.362 e. The van der Waals surface area contributed by atoms with E-state index in [1.807, 2.05) is 5.38 Å². The summed E-state index contributed by atoms with van der Waals surface area (Å²) in [4.78, 5) is 7.91. The van der Waals surface area contributed by atoms with Crippen molar-refractivity contribution < 1.29 is 0 Å². The first kappa shape index (κ1) is 9.29. The van der Waals surface area contributed by atoms with Gasteiger partial charge in [0.05, 0.1) is 12.2 Å². The van der Waals surface area contributed by atoms with Gasteiger partial charge in [0.1, 0.15) is 0 Å². The van der Waals surface area contributed by atoms with Crippen LogP contribution in [-0.2, 0) is 6.54 Å². The molecule has 0 radical (unpaired) electrons. The summed E-state index contributed by atoms with van der Waals surface area (Å²) in [5, 5.41) is 9.11. The lowest BCUT2D eigenvalue weighted by atomic mass is 10.5. The van der Waals surface area contributed by atoms with Crippen molar-refractivity contribution in [2.45, 2.75) is 6.54 Å². The van der Waals surface area contributed by atoms with E-state index in [9.17, 15) is 0 Å². The first-order chi connectivity index (χ1) is 6.86. The zero-order valence-corrected chi connectivity index (χ0v) is 8.59. The van der Waals surface area contributed by atoms with Crippen LogP contribution in [0.2, 0.25) is 5.15 Å². The Bertz CT molecular complexity index is 404. The maximum atomic E-state index is 5.79. The molecular formula is C7H6ClN5S. The van der Waals surface area contributed by atoms with Gasteiger partial charge in [-0.3, -0.25) is 0 Å². The molecule has 0 saturated heterocycles. The highest BCUT2D eigenvalue weighted by atomic mass is 35.5. The molecule has 2 aromatic heterocycles. The molecule has 0 aliphatic heterocycles. The van der Waals surface area contributed by atoms with E-state index in [-0.39, 0.29) is 0 Å². The first-order valence-electron chi connectivity index (χ1n) is 3.82. The van der Waals surface area contributed by atoms with E-state index < -0.39 is 0 Å². The Morgan fingerprint density at radius 2 is 2.21 bits per heavy atom. The van der Waals surface area contributed by atoms with E-state index in [4.69, 9.17) is 11.6 Å². The van der Waals surface area contributed by atoms with Gasteiger partial charge in [-0.25, -0.2) is 9.97 Å². The molecule has 0 spiro atoms. The predicted octanol–water partition coefficient (Wildman–Crippen LogP) is 1.59. The van der Waals surface area contributed by atoms with Crippen LogP contribution in [0.15, 0.2) is 17.8 Å². The highest BCUT2D eigenvalue weighted by Crippen LogP contribution is 2.14. The molecule has 72 valence electrons. The number of hydrogen-bond donors (Lipinski definition) is 1. The second-order valence-corrected chi connectivity index (χ2v) is 3.41. The number of rotatable bonds is 3. The fraction of sp³-hybridized carbons (Fsp3) is 0.143. The van der Waals surface area contributed by atoms with Crippen LogP contribution in [0, 0.1) is 0 Å². The highest BCUT2D eigenvalue weighted by molar-refractivity contribution is 7.03. The van der Waals surface area contributed by atoms with Gasteiger partial charge in [-0.2, -0.15) is 0 Å². The Balaban J connectivity index is 2.02. The van der Waals surface area contributed by atoms with E-state index in [1.165, 1.54) is 17.7 Å². The number of nitrogens with zero attached hydrogens (tertiary/aromatic N) is 4. The van der Waals surface area contributed by atoms with Gasteiger partial charge in [0.2, 0.25) is 0 Å². The Hall–Kier alpha value is -1.27. The van der Waals surface area contributed by atoms with Crippen LogP contribution < -0.4 is 5.32 Å². The molecule has 0 amide bonds. The molecule has 14 heavy (non-hydrogen) atoms. The minimum absolute atomic E-state index is 0.357. The van der Waals surface area contributed by atoms with Crippen molar-refractivity contribution in [1.29, 1.82) is 0 Å². The Morgan fingerprint density at radius 1 is 1.36 bits per heavy atom. The minimum atomic E-state index is 0.357. The summed E-state index contributed by atoms with van der Waals surface area (Å²) in [5.74, 6) is 0.558. The van der Waals surface area contributed by atoms with Crippen LogP contribution in [0.5, 0.6) is 0 Å². The zero-order valence-electron chi connectivity index (χ0n) is 7.01. The average molecular weight is 228 g/mol. The smallest absolute Gasteiger partial charge is 0.171 e. The van der Waals surface area contributed by atoms with Crippen molar-refractivity contribution >= 4 is 29.0 Å². The van der Waals surface area contributed by atoms with Crippen LogP contribution in [0.3, 0.4) is 0 Å². The van der Waals surface area contributed by atoms with Crippen LogP contribution in [0.4, 0.5) is 5.82 Å². The molecule has 2 aromatic rings. The lowest BCUT2D eigenvalue weighted by molar-refractivity contribution is 0.985. The average Bonchev–Trinajstić information content (AvgIpc) is 2.69. The van der Waals surface area contributed by atoms with E-state index in [2.05, 4.69) is 24.9 Å². The van der Waals surface area contributed by atoms with Crippen molar-refractivity contribution in [2.24, 2.45) is 0 Å². The molecule has 0 bridgehead atoms. The maximum Gasteiger partial charge on any atom is 0.171 e. The maximum absolute atomic E-state index is 5.79. The van der Waals surface area contributed by atoms with Gasteiger partial charge in [-0.05, 0) is 11.5 Å². The van der Waals surface area contributed by atoms with Crippen LogP contribution in [0.25, 0.3) is 0 Å². The third-order valence-corrected chi connectivity index (χ3v) is 2.33. The molecule has 0 unspecified atom stereocenters. The van der Waals surface area contributed by atoms with Gasteiger partial charge < -0.3 is 5.32 Å². The summed E-state index contributed by atoms with van der Waals surface area (Å²) in [6, 6.07) is 0. The first-order valence-corrected chi connectivity index (χ1v) is 5.04. The summed E-state index contributed by atoms with van der Waals surface area (Å²) in [7, 11) is 0. The lowest BCUT2D eigenvalue weighted by Gasteiger charge is -2.02. The van der Waals surface area contributed by atoms with Crippen LogP contribution in [-0.4, -0.2) is 19.6 Å². The number of anilines is 1. The molecule has 0 aliphatic carbocycles. The highest BCUT2D eigenvalue weighted by Gasteiger charge is 2.02. The van der Waals surface area contributed by atoms with Gasteiger partial charge in [0, 0.05) is 17.8 Å². The topological polar surface area (TPSA) is 63.6 Å². The number of aromatic nitrogens is 4. The van der Waals surface area contributed by atoms with E-state index >= 15 is 0 Å². The summed E-state index contributed by atoms with van der Waals surface area (Å²) in [5.41, 5.74) is 0.858. The van der Waals surface area contributed by atoms with Gasteiger partial charge in [0.25, 0.3) is 0 Å². The summed E-state index contributed by atoms with van der Waals surface area (Å²) in [6.07, 6.45) is 3.12. The predicted molar refractivity (Wildman–Crippen MR) is 54.3 cm³/mol. The Morgan fingerprint density at radius 3 is 2.93 bits per heavy atom. The quantitative estimate of drug-likeness (QED) is 0.863. The fourth-order valence-electron chi connectivity index (χ4n) is 0.875. The molecular weight excluding hydrogens is 222 g/mol. The second kappa shape index (κ2) is 4.30. The standard InChI is InChI=1S/C7H6ClN5S/c8-6-7(10-2-1-9-6)11-3-5-4-14-13-12-5/h1-2,4H,3H2,(H,10,11). The molecule has 7 heteroatoms. The number of hydrogen-bond acceptors (Lipinski definition) is 6. The third kappa shape index (κ3) is 2.15. The molecule has 0 aliphatic rings. The van der Waals surface area contributed by atoms with E-state index in [0.717, 1.165) is 5.69 Å². The molecule has 1 N–H and O–H groups in total. The summed E-state index contributed by atoms with van der Waals surface area (Å²) < 4.78 is 3.74. The van der Waals surface area contributed by atoms with Gasteiger partial charge in [-0.1, -0.05) is 16.1 Å². The monoisotopic (exact) mass is 227 g/mol. The van der Waals surface area contributed by atoms with Crippen molar-refractivity contribution in [3.63, 3.8) is 0 Å². The van der Waals surface area contributed by atoms with Crippen LogP contribution >= 0.6 is 23.1 Å². The van der Waals surface area contributed by atoms with Gasteiger partial charge >= 0.3 is 0 Å². The van der Waals surface area contributed by atoms with E-state index in [0.29, 0.717) is 17.5 Å². The molecule has 0 aromatic carbocycles. The molecule has 5 nitrogen and oxygen atoms in total. The van der Waals surface area contributed by atoms with Crippen LogP contribution in [0.1, 0.15) is 5.69 Å². The van der Waals surface area contributed by atoms with Gasteiger partial charge in [0.15, 0.2) is 11.0 Å². The second-order valence-electron chi connectivity index (χ2n) is 2.45. The minimum Gasteiger partial charge on any atom is -0.362 e. The molecule has 0 fully saturated rings. The van der Waals surface area contributed by atoms with Gasteiger partial charge in [-0.15, -0.1) is 5.10 Å².